The molecule has 15 aromatic carbocycles. The lowest BCUT2D eigenvalue weighted by atomic mass is 9.82. The molecule has 0 bridgehead atoms. The fourth-order valence-electron chi connectivity index (χ4n) is 17.6. The first-order chi connectivity index (χ1) is 51.6. The largest absolute Gasteiger partial charge is 0.455 e. The third kappa shape index (κ3) is 9.11. The van der Waals surface area contributed by atoms with Crippen molar-refractivity contribution in [2.24, 2.45) is 0 Å². The normalized spacial score (nSPS) is 13.3. The minimum Gasteiger partial charge on any atom is -0.455 e. The van der Waals surface area contributed by atoms with Crippen LogP contribution in [0.5, 0.6) is 0 Å². The second-order valence-corrected chi connectivity index (χ2v) is 29.1. The number of benzene rings is 15. The summed E-state index contributed by atoms with van der Waals surface area (Å²) in [6.07, 6.45) is 0. The van der Waals surface area contributed by atoms with Crippen molar-refractivity contribution in [3.63, 3.8) is 0 Å². The van der Waals surface area contributed by atoms with E-state index in [1.54, 1.807) is 0 Å². The average Bonchev–Trinajstić information content (AvgIpc) is 1.59. The summed E-state index contributed by atoms with van der Waals surface area (Å²) in [4.78, 5) is 21.6. The van der Waals surface area contributed by atoms with Crippen molar-refractivity contribution < 1.29 is 4.42 Å². The lowest BCUT2D eigenvalue weighted by Gasteiger charge is -2.21. The molecule has 7 nitrogen and oxygen atoms in total. The number of rotatable bonds is 7. The van der Waals surface area contributed by atoms with Crippen molar-refractivity contribution in [3.05, 3.63) is 350 Å². The second-order valence-electron chi connectivity index (χ2n) is 29.1. The maximum Gasteiger partial charge on any atom is 0.164 e. The van der Waals surface area contributed by atoms with Gasteiger partial charge in [0.05, 0.1) is 55.4 Å². The third-order valence-electron chi connectivity index (χ3n) is 22.6. The molecule has 0 unspecified atom stereocenters. The van der Waals surface area contributed by atoms with Crippen LogP contribution in [-0.2, 0) is 10.8 Å². The molecule has 5 aromatic heterocycles. The van der Waals surface area contributed by atoms with E-state index in [1.807, 2.05) is 0 Å². The average molecular weight is 1340 g/mol. The Bertz CT molecular complexity index is 7010. The van der Waals surface area contributed by atoms with Crippen molar-refractivity contribution in [3.8, 4) is 90.0 Å². The Kier molecular flexibility index (Phi) is 13.3. The molecule has 20 aromatic rings. The summed E-state index contributed by atoms with van der Waals surface area (Å²) in [5.41, 5.74) is 28.7. The molecule has 105 heavy (non-hydrogen) atoms. The number of aromatic nitrogens is 6. The minimum absolute atomic E-state index is 0.119. The van der Waals surface area contributed by atoms with Gasteiger partial charge in [-0.05, 0) is 128 Å². The van der Waals surface area contributed by atoms with Crippen LogP contribution in [0.1, 0.15) is 49.9 Å². The van der Waals surface area contributed by atoms with Gasteiger partial charge in [-0.25, -0.2) is 19.9 Å². The Morgan fingerprint density at radius 2 is 0.714 bits per heavy atom. The molecule has 0 amide bonds. The van der Waals surface area contributed by atoms with Crippen LogP contribution in [0.3, 0.4) is 0 Å². The van der Waals surface area contributed by atoms with E-state index in [0.29, 0.717) is 5.82 Å². The predicted molar refractivity (Wildman–Crippen MR) is 435 cm³/mol. The first-order valence-corrected chi connectivity index (χ1v) is 36.2. The molecule has 5 heterocycles. The molecule has 0 N–H and O–H groups in total. The van der Waals surface area contributed by atoms with E-state index in [-0.39, 0.29) is 10.8 Å². The monoisotopic (exact) mass is 1340 g/mol. The number of para-hydroxylation sites is 4. The maximum atomic E-state index is 7.05. The lowest BCUT2D eigenvalue weighted by molar-refractivity contribution is 0.660. The summed E-state index contributed by atoms with van der Waals surface area (Å²) >= 11 is 0. The number of hydrogen-bond acceptors (Lipinski definition) is 5. The minimum atomic E-state index is -0.138. The SMILES string of the molecule is CC1(C)c2ccccc2-c2c1ccc1c(-c3ccccc3)nc(-c3cccc(-c4ccc5c(c4)c4c6ccccc6ccc4n5-c4ccccc4)c3)nc21.CC1(C)c2ccccc2-c2c1ccc1c(-c3ccccc3)nc(-c3cccc4c3oc3c4ccc4c3c3ccccc3n4-c3ccccc3)nc21. The van der Waals surface area contributed by atoms with Gasteiger partial charge in [0, 0.05) is 87.7 Å². The zero-order valence-corrected chi connectivity index (χ0v) is 58.3. The topological polar surface area (TPSA) is 74.6 Å². The zero-order valence-electron chi connectivity index (χ0n) is 58.3. The predicted octanol–water partition coefficient (Wildman–Crippen LogP) is 25.5. The maximum absolute atomic E-state index is 7.05. The van der Waals surface area contributed by atoms with Gasteiger partial charge >= 0.3 is 0 Å². The molecule has 0 saturated heterocycles. The molecule has 0 atom stereocenters. The first-order valence-electron chi connectivity index (χ1n) is 36.2. The van der Waals surface area contributed by atoms with Gasteiger partial charge in [0.1, 0.15) is 11.2 Å². The van der Waals surface area contributed by atoms with Crippen LogP contribution in [0.4, 0.5) is 0 Å². The highest BCUT2D eigenvalue weighted by molar-refractivity contribution is 6.25. The van der Waals surface area contributed by atoms with Crippen molar-refractivity contribution in [2.75, 3.05) is 0 Å². The summed E-state index contributed by atoms with van der Waals surface area (Å²) < 4.78 is 11.8. The molecule has 22 rings (SSSR count). The standard InChI is InChI=1S/C51H35N3.C47H31N3O/c1-51(2)42-23-12-11-22-39(42)47-43(51)27-26-40-48(33-15-5-3-6-16-33)52-50(53-49(40)47)36-18-13-17-34(30-36)35-25-28-44-41(31-35)46-38-21-10-9-14-32(38)24-29-45(46)54(44)37-19-7-4-8-20-37;1-47(2)36-22-11-9-18-32(36)40-37(47)26-24-34-42(28-14-5-3-6-15-28)48-46(49-43(34)40)35-21-13-20-30-31-25-27-39-41(45(31)51-44(30)35)33-19-10-12-23-38(33)50(39)29-16-7-4-8-17-29/h3-31H,1-2H3;3-27H,1-2H3. The fraction of sp³-hybridized carbons (Fsp3) is 0.0612. The highest BCUT2D eigenvalue weighted by Gasteiger charge is 2.39. The fourth-order valence-corrected chi connectivity index (χ4v) is 17.6. The molecule has 2 aliphatic rings. The Morgan fingerprint density at radius 3 is 1.36 bits per heavy atom. The van der Waals surface area contributed by atoms with Crippen LogP contribution in [0.25, 0.3) is 188 Å². The summed E-state index contributed by atoms with van der Waals surface area (Å²) in [6.45, 7) is 9.27. The summed E-state index contributed by atoms with van der Waals surface area (Å²) in [7, 11) is 0. The number of hydrogen-bond donors (Lipinski definition) is 0. The van der Waals surface area contributed by atoms with Crippen molar-refractivity contribution >= 4 is 98.1 Å². The molecule has 0 saturated carbocycles. The summed E-state index contributed by atoms with van der Waals surface area (Å²) in [5, 5.41) is 11.5. The lowest BCUT2D eigenvalue weighted by Crippen LogP contribution is -2.14. The summed E-state index contributed by atoms with van der Waals surface area (Å²) in [5.74, 6) is 1.39. The van der Waals surface area contributed by atoms with E-state index in [2.05, 4.69) is 364 Å². The second kappa shape index (κ2) is 23.1. The van der Waals surface area contributed by atoms with Crippen LogP contribution in [0.15, 0.2) is 332 Å². The van der Waals surface area contributed by atoms with Crippen LogP contribution >= 0.6 is 0 Å². The third-order valence-corrected chi connectivity index (χ3v) is 22.6. The van der Waals surface area contributed by atoms with Crippen molar-refractivity contribution in [2.45, 2.75) is 38.5 Å². The van der Waals surface area contributed by atoms with Gasteiger partial charge in [-0.2, -0.15) is 0 Å². The van der Waals surface area contributed by atoms with Crippen LogP contribution in [-0.4, -0.2) is 29.1 Å². The Morgan fingerprint density at radius 1 is 0.267 bits per heavy atom. The van der Waals surface area contributed by atoms with Gasteiger partial charge in [0.15, 0.2) is 11.6 Å². The van der Waals surface area contributed by atoms with E-state index < -0.39 is 0 Å². The van der Waals surface area contributed by atoms with E-state index in [4.69, 9.17) is 24.4 Å². The van der Waals surface area contributed by atoms with E-state index in [1.165, 1.54) is 77.1 Å². The van der Waals surface area contributed by atoms with E-state index in [9.17, 15) is 0 Å². The van der Waals surface area contributed by atoms with Crippen molar-refractivity contribution in [1.29, 1.82) is 0 Å². The Hall–Kier alpha value is -13.4. The highest BCUT2D eigenvalue weighted by atomic mass is 16.3. The van der Waals surface area contributed by atoms with Gasteiger partial charge in [0.2, 0.25) is 0 Å². The van der Waals surface area contributed by atoms with Gasteiger partial charge in [-0.15, -0.1) is 0 Å². The molecular formula is C98H66N6O. The molecular weight excluding hydrogens is 1280 g/mol. The molecule has 2 aliphatic carbocycles. The molecule has 0 spiro atoms. The molecule has 7 heteroatoms. The van der Waals surface area contributed by atoms with Crippen molar-refractivity contribution in [1.82, 2.24) is 29.1 Å². The Balaban J connectivity index is 0.000000135. The van der Waals surface area contributed by atoms with Crippen LogP contribution in [0, 0.1) is 0 Å². The van der Waals surface area contributed by atoms with Gasteiger partial charge in [-0.3, -0.25) is 0 Å². The van der Waals surface area contributed by atoms with Gasteiger partial charge in [-0.1, -0.05) is 282 Å². The van der Waals surface area contributed by atoms with Crippen LogP contribution in [0.2, 0.25) is 0 Å². The quantitative estimate of drug-likeness (QED) is 0.159. The number of furan rings is 1. The van der Waals surface area contributed by atoms with E-state index >= 15 is 0 Å². The first kappa shape index (κ1) is 60.4. The zero-order chi connectivity index (χ0) is 69.8. The van der Waals surface area contributed by atoms with Gasteiger partial charge in [0.25, 0.3) is 0 Å². The summed E-state index contributed by atoms with van der Waals surface area (Å²) in [6, 6.07) is 117. The molecule has 0 aliphatic heterocycles. The van der Waals surface area contributed by atoms with Crippen LogP contribution < -0.4 is 0 Å². The highest BCUT2D eigenvalue weighted by Crippen LogP contribution is 2.54. The number of nitrogens with zero attached hydrogens (tertiary/aromatic N) is 6. The van der Waals surface area contributed by atoms with E-state index in [0.717, 1.165) is 128 Å². The smallest absolute Gasteiger partial charge is 0.164 e. The molecule has 0 fully saturated rings. The molecule has 494 valence electrons. The number of fused-ring (bicyclic) bond motifs is 22. The molecule has 0 radical (unpaired) electrons. The Labute approximate surface area is 606 Å². The van der Waals surface area contributed by atoms with Gasteiger partial charge < -0.3 is 13.6 Å².